The Morgan fingerprint density at radius 1 is 1.07 bits per heavy atom. The molecule has 2 aliphatic heterocycles. The molecule has 14 heavy (non-hydrogen) atoms. The number of fused-ring (bicyclic) bond motifs is 2. The highest BCUT2D eigenvalue weighted by Gasteiger charge is 2.48. The smallest absolute Gasteiger partial charge is 0.111 e. The van der Waals surface area contributed by atoms with Gasteiger partial charge in [0, 0.05) is 14.2 Å². The van der Waals surface area contributed by atoms with E-state index < -0.39 is 0 Å². The Labute approximate surface area is 85.0 Å². The summed E-state index contributed by atoms with van der Waals surface area (Å²) >= 11 is 0. The fraction of sp³-hybridized carbons (Fsp3) is 0.818. The maximum Gasteiger partial charge on any atom is 0.111 e. The van der Waals surface area contributed by atoms with Crippen LogP contribution in [-0.4, -0.2) is 38.6 Å². The van der Waals surface area contributed by atoms with Gasteiger partial charge in [0.05, 0.1) is 13.2 Å². The molecule has 1 fully saturated rings. The first kappa shape index (κ1) is 10.1. The summed E-state index contributed by atoms with van der Waals surface area (Å²) in [5.41, 5.74) is -0.350. The molecule has 2 rings (SSSR count). The van der Waals surface area contributed by atoms with Gasteiger partial charge in [-0.2, -0.15) is 0 Å². The molecule has 2 aliphatic rings. The van der Waals surface area contributed by atoms with Gasteiger partial charge in [0.15, 0.2) is 0 Å². The van der Waals surface area contributed by atoms with E-state index in [1.165, 1.54) is 6.42 Å². The van der Waals surface area contributed by atoms with Crippen molar-refractivity contribution >= 4 is 0 Å². The standard InChI is InChI=1S/C11H18O3/c1-12-8-10-4-3-5-11(14-10,7-6-10)9-13-2/h6-7H,3-5,8-9H2,1-2H3. The van der Waals surface area contributed by atoms with Crippen LogP contribution in [0.1, 0.15) is 19.3 Å². The third kappa shape index (κ3) is 1.60. The van der Waals surface area contributed by atoms with E-state index in [0.717, 1.165) is 12.8 Å². The maximum atomic E-state index is 6.09. The molecule has 3 nitrogen and oxygen atoms in total. The Kier molecular flexibility index (Phi) is 2.64. The highest BCUT2D eigenvalue weighted by molar-refractivity contribution is 5.21. The number of ether oxygens (including phenoxy) is 3. The van der Waals surface area contributed by atoms with Crippen LogP contribution in [-0.2, 0) is 14.2 Å². The predicted octanol–water partition coefficient (Wildman–Crippen LogP) is 1.53. The average molecular weight is 198 g/mol. The van der Waals surface area contributed by atoms with E-state index in [0.29, 0.717) is 13.2 Å². The number of hydrogen-bond acceptors (Lipinski definition) is 3. The monoisotopic (exact) mass is 198 g/mol. The van der Waals surface area contributed by atoms with Crippen LogP contribution < -0.4 is 0 Å². The van der Waals surface area contributed by atoms with Gasteiger partial charge in [-0.3, -0.25) is 0 Å². The number of methoxy groups -OCH3 is 2. The Hall–Kier alpha value is -0.380. The van der Waals surface area contributed by atoms with Crippen molar-refractivity contribution in [3.8, 4) is 0 Å². The summed E-state index contributed by atoms with van der Waals surface area (Å²) in [6, 6.07) is 0. The average Bonchev–Trinajstić information content (AvgIpc) is 2.40. The molecule has 0 radical (unpaired) electrons. The van der Waals surface area contributed by atoms with E-state index in [1.54, 1.807) is 14.2 Å². The number of rotatable bonds is 4. The van der Waals surface area contributed by atoms with Crippen molar-refractivity contribution in [2.75, 3.05) is 27.4 Å². The summed E-state index contributed by atoms with van der Waals surface area (Å²) in [6.45, 7) is 1.30. The minimum Gasteiger partial charge on any atom is -0.381 e. The van der Waals surface area contributed by atoms with Gasteiger partial charge in [0.25, 0.3) is 0 Å². The van der Waals surface area contributed by atoms with Gasteiger partial charge >= 0.3 is 0 Å². The zero-order valence-corrected chi connectivity index (χ0v) is 8.91. The third-order valence-corrected chi connectivity index (χ3v) is 3.07. The molecule has 1 saturated heterocycles. The van der Waals surface area contributed by atoms with E-state index in [4.69, 9.17) is 14.2 Å². The van der Waals surface area contributed by atoms with Crippen molar-refractivity contribution in [2.45, 2.75) is 30.5 Å². The molecule has 0 spiro atoms. The Balaban J connectivity index is 2.10. The molecule has 2 bridgehead atoms. The molecule has 0 amide bonds. The summed E-state index contributed by atoms with van der Waals surface area (Å²) in [5, 5.41) is 0. The first-order chi connectivity index (χ1) is 6.74. The van der Waals surface area contributed by atoms with E-state index in [-0.39, 0.29) is 11.2 Å². The first-order valence-electron chi connectivity index (χ1n) is 5.13. The van der Waals surface area contributed by atoms with Crippen LogP contribution in [0.25, 0.3) is 0 Å². The highest BCUT2D eigenvalue weighted by Crippen LogP contribution is 2.43. The zero-order valence-electron chi connectivity index (χ0n) is 8.91. The number of hydrogen-bond donors (Lipinski definition) is 0. The molecule has 2 atom stereocenters. The summed E-state index contributed by atoms with van der Waals surface area (Å²) in [6.07, 6.45) is 7.61. The second-order valence-electron chi connectivity index (χ2n) is 4.28. The fourth-order valence-electron chi connectivity index (χ4n) is 2.52. The van der Waals surface area contributed by atoms with Crippen LogP contribution in [0.3, 0.4) is 0 Å². The van der Waals surface area contributed by atoms with Crippen molar-refractivity contribution in [1.29, 1.82) is 0 Å². The molecule has 3 heteroatoms. The molecular weight excluding hydrogens is 180 g/mol. The van der Waals surface area contributed by atoms with Gasteiger partial charge in [0.2, 0.25) is 0 Å². The van der Waals surface area contributed by atoms with Crippen LogP contribution >= 0.6 is 0 Å². The van der Waals surface area contributed by atoms with Crippen molar-refractivity contribution in [1.82, 2.24) is 0 Å². The first-order valence-corrected chi connectivity index (χ1v) is 5.13. The Morgan fingerprint density at radius 3 is 2.00 bits per heavy atom. The summed E-state index contributed by atoms with van der Waals surface area (Å²) < 4.78 is 16.5. The lowest BCUT2D eigenvalue weighted by Crippen LogP contribution is -2.46. The Morgan fingerprint density at radius 2 is 1.57 bits per heavy atom. The quantitative estimate of drug-likeness (QED) is 0.641. The second-order valence-corrected chi connectivity index (χ2v) is 4.28. The van der Waals surface area contributed by atoms with E-state index >= 15 is 0 Å². The second kappa shape index (κ2) is 3.65. The molecule has 0 aromatic carbocycles. The van der Waals surface area contributed by atoms with Crippen LogP contribution in [0.15, 0.2) is 12.2 Å². The maximum absolute atomic E-state index is 6.09. The third-order valence-electron chi connectivity index (χ3n) is 3.07. The summed E-state index contributed by atoms with van der Waals surface area (Å²) in [5.74, 6) is 0. The molecule has 2 heterocycles. The molecule has 80 valence electrons. The molecule has 0 N–H and O–H groups in total. The summed E-state index contributed by atoms with van der Waals surface area (Å²) in [4.78, 5) is 0. The van der Waals surface area contributed by atoms with Crippen molar-refractivity contribution in [3.63, 3.8) is 0 Å². The fourth-order valence-corrected chi connectivity index (χ4v) is 2.52. The van der Waals surface area contributed by atoms with Gasteiger partial charge in [-0.15, -0.1) is 0 Å². The molecule has 2 unspecified atom stereocenters. The highest BCUT2D eigenvalue weighted by atomic mass is 16.6. The minimum absolute atomic E-state index is 0.175. The topological polar surface area (TPSA) is 27.7 Å². The molecule has 0 aromatic heterocycles. The SMILES string of the molecule is COCC12C=CC(COC)(CCC1)O2. The van der Waals surface area contributed by atoms with E-state index in [2.05, 4.69) is 12.2 Å². The van der Waals surface area contributed by atoms with Crippen molar-refractivity contribution in [2.24, 2.45) is 0 Å². The lowest BCUT2D eigenvalue weighted by Gasteiger charge is -2.39. The van der Waals surface area contributed by atoms with Crippen LogP contribution in [0, 0.1) is 0 Å². The molecule has 0 aromatic rings. The predicted molar refractivity (Wildman–Crippen MR) is 53.3 cm³/mol. The van der Waals surface area contributed by atoms with Crippen LogP contribution in [0.4, 0.5) is 0 Å². The van der Waals surface area contributed by atoms with E-state index in [1.807, 2.05) is 0 Å². The van der Waals surface area contributed by atoms with Gasteiger partial charge in [-0.05, 0) is 19.3 Å². The largest absolute Gasteiger partial charge is 0.381 e. The minimum atomic E-state index is -0.175. The van der Waals surface area contributed by atoms with Gasteiger partial charge in [-0.25, -0.2) is 0 Å². The van der Waals surface area contributed by atoms with Crippen LogP contribution in [0.5, 0.6) is 0 Å². The zero-order chi connectivity index (χ0) is 10.1. The lowest BCUT2D eigenvalue weighted by molar-refractivity contribution is -0.165. The molecule has 0 aliphatic carbocycles. The normalized spacial score (nSPS) is 40.4. The van der Waals surface area contributed by atoms with Gasteiger partial charge < -0.3 is 14.2 Å². The van der Waals surface area contributed by atoms with Gasteiger partial charge in [-0.1, -0.05) is 12.2 Å². The van der Waals surface area contributed by atoms with Crippen molar-refractivity contribution < 1.29 is 14.2 Å². The van der Waals surface area contributed by atoms with Gasteiger partial charge in [0.1, 0.15) is 11.2 Å². The molecular formula is C11H18O3. The summed E-state index contributed by atoms with van der Waals surface area (Å²) in [7, 11) is 3.44. The van der Waals surface area contributed by atoms with E-state index in [9.17, 15) is 0 Å². The van der Waals surface area contributed by atoms with Crippen LogP contribution in [0.2, 0.25) is 0 Å². The molecule has 0 saturated carbocycles. The van der Waals surface area contributed by atoms with Crippen molar-refractivity contribution in [3.05, 3.63) is 12.2 Å². The lowest BCUT2D eigenvalue weighted by atomic mass is 9.92. The Bertz CT molecular complexity index is 209.